The molecular formula is C6H15N3. The highest BCUT2D eigenvalue weighted by molar-refractivity contribution is 4.89. The van der Waals surface area contributed by atoms with E-state index < -0.39 is 0 Å². The van der Waals surface area contributed by atoms with Gasteiger partial charge in [-0.15, -0.1) is 0 Å². The normalized spacial score (nSPS) is 11.6. The number of rotatable bonds is 4. The Hall–Kier alpha value is -0.700. The molecule has 0 aromatic carbocycles. The van der Waals surface area contributed by atoms with Crippen LogP contribution in [0.25, 0.3) is 0 Å². The number of allylic oxidation sites excluding steroid dienone is 1. The predicted molar refractivity (Wildman–Crippen MR) is 39.6 cm³/mol. The van der Waals surface area contributed by atoms with Crippen LogP contribution in [-0.4, -0.2) is 13.1 Å². The summed E-state index contributed by atoms with van der Waals surface area (Å²) in [5.41, 5.74) is 10.7. The van der Waals surface area contributed by atoms with Crippen LogP contribution in [-0.2, 0) is 0 Å². The molecule has 0 aliphatic carbocycles. The van der Waals surface area contributed by atoms with Crippen molar-refractivity contribution in [3.8, 4) is 0 Å². The first-order chi connectivity index (χ1) is 4.31. The molecule has 0 amide bonds. The van der Waals surface area contributed by atoms with Crippen molar-refractivity contribution in [3.05, 3.63) is 11.9 Å². The fourth-order valence-corrected chi connectivity index (χ4v) is 0.437. The summed E-state index contributed by atoms with van der Waals surface area (Å²) in [6.07, 6.45) is 2.80. The van der Waals surface area contributed by atoms with Crippen LogP contribution in [0.5, 0.6) is 0 Å². The van der Waals surface area contributed by atoms with E-state index >= 15 is 0 Å². The SMILES string of the molecule is CC=C(N)NCCCN. The molecule has 0 atom stereocenters. The third-order valence-corrected chi connectivity index (χ3v) is 1.02. The predicted octanol–water partition coefficient (Wildman–Crippen LogP) is -0.255. The smallest absolute Gasteiger partial charge is 0.0916 e. The highest BCUT2D eigenvalue weighted by Crippen LogP contribution is 1.76. The lowest BCUT2D eigenvalue weighted by atomic mass is 10.4. The fraction of sp³-hybridized carbons (Fsp3) is 0.667. The largest absolute Gasteiger partial charge is 0.386 e. The molecule has 0 rings (SSSR count). The maximum absolute atomic E-state index is 5.42. The molecule has 0 spiro atoms. The second-order valence-electron chi connectivity index (χ2n) is 1.81. The topological polar surface area (TPSA) is 64.1 Å². The monoisotopic (exact) mass is 129 g/mol. The van der Waals surface area contributed by atoms with Crippen molar-refractivity contribution < 1.29 is 0 Å². The van der Waals surface area contributed by atoms with Gasteiger partial charge in [0.2, 0.25) is 0 Å². The zero-order chi connectivity index (χ0) is 7.11. The molecule has 0 radical (unpaired) electrons. The minimum absolute atomic E-state index is 0.712. The second kappa shape index (κ2) is 5.44. The molecule has 0 saturated carbocycles. The molecular weight excluding hydrogens is 114 g/mol. The lowest BCUT2D eigenvalue weighted by molar-refractivity contribution is 0.725. The molecule has 0 aromatic rings. The van der Waals surface area contributed by atoms with Crippen LogP contribution in [0.2, 0.25) is 0 Å². The molecule has 54 valence electrons. The number of nitrogens with two attached hydrogens (primary N) is 2. The van der Waals surface area contributed by atoms with Gasteiger partial charge >= 0.3 is 0 Å². The lowest BCUT2D eigenvalue weighted by Crippen LogP contribution is -2.22. The molecule has 0 saturated heterocycles. The third-order valence-electron chi connectivity index (χ3n) is 1.02. The van der Waals surface area contributed by atoms with Gasteiger partial charge in [0.25, 0.3) is 0 Å². The van der Waals surface area contributed by atoms with E-state index in [-0.39, 0.29) is 0 Å². The Bertz CT molecular complexity index is 88.3. The van der Waals surface area contributed by atoms with E-state index in [4.69, 9.17) is 11.5 Å². The number of hydrogen-bond acceptors (Lipinski definition) is 3. The molecule has 3 heteroatoms. The second-order valence-corrected chi connectivity index (χ2v) is 1.81. The van der Waals surface area contributed by atoms with Crippen molar-refractivity contribution in [2.24, 2.45) is 11.5 Å². The minimum atomic E-state index is 0.712. The third kappa shape index (κ3) is 5.17. The van der Waals surface area contributed by atoms with Crippen molar-refractivity contribution >= 4 is 0 Å². The molecule has 0 aromatic heterocycles. The van der Waals surface area contributed by atoms with Crippen LogP contribution in [0.15, 0.2) is 11.9 Å². The van der Waals surface area contributed by atoms with E-state index in [2.05, 4.69) is 5.32 Å². The first-order valence-corrected chi connectivity index (χ1v) is 3.17. The van der Waals surface area contributed by atoms with Crippen LogP contribution in [0.3, 0.4) is 0 Å². The van der Waals surface area contributed by atoms with Gasteiger partial charge in [-0.1, -0.05) is 0 Å². The summed E-state index contributed by atoms with van der Waals surface area (Å²) < 4.78 is 0. The van der Waals surface area contributed by atoms with Crippen molar-refractivity contribution in [2.75, 3.05) is 13.1 Å². The molecule has 0 bridgehead atoms. The summed E-state index contributed by atoms with van der Waals surface area (Å²) in [5.74, 6) is 0.725. The first kappa shape index (κ1) is 8.30. The summed E-state index contributed by atoms with van der Waals surface area (Å²) in [7, 11) is 0. The quantitative estimate of drug-likeness (QED) is 0.458. The molecule has 3 nitrogen and oxygen atoms in total. The van der Waals surface area contributed by atoms with E-state index in [1.807, 2.05) is 13.0 Å². The Kier molecular flexibility index (Phi) is 5.01. The van der Waals surface area contributed by atoms with Gasteiger partial charge in [-0.3, -0.25) is 0 Å². The van der Waals surface area contributed by atoms with Gasteiger partial charge in [0.1, 0.15) is 0 Å². The molecule has 5 N–H and O–H groups in total. The summed E-state index contributed by atoms with van der Waals surface area (Å²) in [5, 5.41) is 2.99. The van der Waals surface area contributed by atoms with Crippen molar-refractivity contribution in [1.29, 1.82) is 0 Å². The maximum atomic E-state index is 5.42. The Morgan fingerprint density at radius 1 is 1.67 bits per heavy atom. The molecule has 0 unspecified atom stereocenters. The fourth-order valence-electron chi connectivity index (χ4n) is 0.437. The average molecular weight is 129 g/mol. The molecule has 0 heterocycles. The van der Waals surface area contributed by atoms with Crippen LogP contribution in [0.4, 0.5) is 0 Å². The van der Waals surface area contributed by atoms with Gasteiger partial charge in [0.05, 0.1) is 5.82 Å². The van der Waals surface area contributed by atoms with E-state index in [9.17, 15) is 0 Å². The summed E-state index contributed by atoms with van der Waals surface area (Å²) in [6, 6.07) is 0. The van der Waals surface area contributed by atoms with Gasteiger partial charge < -0.3 is 16.8 Å². The van der Waals surface area contributed by atoms with Crippen LogP contribution >= 0.6 is 0 Å². The summed E-state index contributed by atoms with van der Waals surface area (Å²) in [6.45, 7) is 3.47. The van der Waals surface area contributed by atoms with Crippen LogP contribution in [0, 0.1) is 0 Å². The van der Waals surface area contributed by atoms with Gasteiger partial charge in [0, 0.05) is 6.54 Å². The van der Waals surface area contributed by atoms with Crippen molar-refractivity contribution in [3.63, 3.8) is 0 Å². The number of hydrogen-bond donors (Lipinski definition) is 3. The van der Waals surface area contributed by atoms with Gasteiger partial charge in [-0.25, -0.2) is 0 Å². The minimum Gasteiger partial charge on any atom is -0.386 e. The molecule has 0 fully saturated rings. The highest BCUT2D eigenvalue weighted by Gasteiger charge is 1.83. The van der Waals surface area contributed by atoms with E-state index in [1.54, 1.807) is 0 Å². The van der Waals surface area contributed by atoms with Crippen molar-refractivity contribution in [1.82, 2.24) is 5.32 Å². The maximum Gasteiger partial charge on any atom is 0.0916 e. The van der Waals surface area contributed by atoms with Gasteiger partial charge in [-0.05, 0) is 26.0 Å². The Labute approximate surface area is 56.1 Å². The highest BCUT2D eigenvalue weighted by atomic mass is 15.0. The summed E-state index contributed by atoms with van der Waals surface area (Å²) >= 11 is 0. The molecule has 0 aliphatic heterocycles. The van der Waals surface area contributed by atoms with Gasteiger partial charge in [-0.2, -0.15) is 0 Å². The van der Waals surface area contributed by atoms with Crippen LogP contribution < -0.4 is 16.8 Å². The van der Waals surface area contributed by atoms with Gasteiger partial charge in [0.15, 0.2) is 0 Å². The summed E-state index contributed by atoms with van der Waals surface area (Å²) in [4.78, 5) is 0. The average Bonchev–Trinajstić information content (AvgIpc) is 1.89. The molecule has 9 heavy (non-hydrogen) atoms. The molecule has 0 aliphatic rings. The van der Waals surface area contributed by atoms with Crippen LogP contribution in [0.1, 0.15) is 13.3 Å². The number of nitrogens with one attached hydrogen (secondary N) is 1. The van der Waals surface area contributed by atoms with E-state index in [1.165, 1.54) is 0 Å². The zero-order valence-electron chi connectivity index (χ0n) is 5.85. The van der Waals surface area contributed by atoms with Crippen molar-refractivity contribution in [2.45, 2.75) is 13.3 Å². The lowest BCUT2D eigenvalue weighted by Gasteiger charge is -2.02. The zero-order valence-corrected chi connectivity index (χ0v) is 5.85. The van der Waals surface area contributed by atoms with E-state index in [0.717, 1.165) is 18.8 Å². The standard InChI is InChI=1S/C6H15N3/c1-2-6(8)9-5-3-4-7/h2,9H,3-5,7-8H2,1H3. The van der Waals surface area contributed by atoms with E-state index in [0.29, 0.717) is 6.54 Å². The first-order valence-electron chi connectivity index (χ1n) is 3.17. The Balaban J connectivity index is 3.07. The Morgan fingerprint density at radius 2 is 2.33 bits per heavy atom. The Morgan fingerprint density at radius 3 is 2.78 bits per heavy atom.